The van der Waals surface area contributed by atoms with Gasteiger partial charge >= 0.3 is 0 Å². The van der Waals surface area contributed by atoms with Crippen molar-refractivity contribution in [2.75, 3.05) is 6.61 Å². The van der Waals surface area contributed by atoms with Gasteiger partial charge in [0.15, 0.2) is 17.3 Å². The number of hydrogen-bond donors (Lipinski definition) is 0. The molecule has 0 amide bonds. The summed E-state index contributed by atoms with van der Waals surface area (Å²) in [5.41, 5.74) is 0.463. The summed E-state index contributed by atoms with van der Waals surface area (Å²) in [7, 11) is 0. The van der Waals surface area contributed by atoms with Gasteiger partial charge in [-0.05, 0) is 48.9 Å². The standard InChI is InChI=1S/C16H13BrF2O2/c17-12-5-8-14(19)16(10-12)21-9-1-2-15(20)11-3-6-13(18)7-4-11/h3-8,10H,1-2,9H2. The molecule has 0 N–H and O–H groups in total. The van der Waals surface area contributed by atoms with Crippen LogP contribution >= 0.6 is 15.9 Å². The Labute approximate surface area is 129 Å². The van der Waals surface area contributed by atoms with E-state index >= 15 is 0 Å². The second-order valence-corrected chi connectivity index (χ2v) is 5.37. The van der Waals surface area contributed by atoms with Crippen molar-refractivity contribution in [3.63, 3.8) is 0 Å². The van der Waals surface area contributed by atoms with Gasteiger partial charge in [-0.2, -0.15) is 0 Å². The Morgan fingerprint density at radius 1 is 1.10 bits per heavy atom. The summed E-state index contributed by atoms with van der Waals surface area (Å²) in [6, 6.07) is 9.83. The molecule has 5 heteroatoms. The lowest BCUT2D eigenvalue weighted by atomic mass is 10.1. The fourth-order valence-corrected chi connectivity index (χ4v) is 2.12. The highest BCUT2D eigenvalue weighted by Crippen LogP contribution is 2.22. The van der Waals surface area contributed by atoms with Crippen LogP contribution in [0.4, 0.5) is 8.78 Å². The summed E-state index contributed by atoms with van der Waals surface area (Å²) >= 11 is 3.23. The van der Waals surface area contributed by atoms with E-state index in [0.717, 1.165) is 4.47 Å². The maximum atomic E-state index is 13.4. The van der Waals surface area contributed by atoms with Crippen molar-refractivity contribution >= 4 is 21.7 Å². The van der Waals surface area contributed by atoms with Gasteiger partial charge in [0.25, 0.3) is 0 Å². The van der Waals surface area contributed by atoms with Crippen LogP contribution in [0.2, 0.25) is 0 Å². The molecule has 0 aromatic heterocycles. The zero-order chi connectivity index (χ0) is 15.2. The molecule has 2 aromatic rings. The van der Waals surface area contributed by atoms with Gasteiger partial charge in [-0.15, -0.1) is 0 Å². The normalized spacial score (nSPS) is 10.4. The van der Waals surface area contributed by atoms with Gasteiger partial charge < -0.3 is 4.74 Å². The van der Waals surface area contributed by atoms with E-state index in [0.29, 0.717) is 12.0 Å². The maximum absolute atomic E-state index is 13.4. The average molecular weight is 355 g/mol. The van der Waals surface area contributed by atoms with Crippen molar-refractivity contribution in [3.8, 4) is 5.75 Å². The number of hydrogen-bond acceptors (Lipinski definition) is 2. The first-order valence-electron chi connectivity index (χ1n) is 6.43. The molecule has 0 aliphatic rings. The van der Waals surface area contributed by atoms with E-state index < -0.39 is 5.82 Å². The number of rotatable bonds is 6. The van der Waals surface area contributed by atoms with E-state index in [1.54, 1.807) is 6.07 Å². The minimum atomic E-state index is -0.442. The zero-order valence-electron chi connectivity index (χ0n) is 11.1. The number of halogens is 3. The van der Waals surface area contributed by atoms with Gasteiger partial charge in [0.05, 0.1) is 6.61 Å². The predicted octanol–water partition coefficient (Wildman–Crippen LogP) is 4.77. The molecule has 0 bridgehead atoms. The molecule has 0 aliphatic carbocycles. The third-order valence-corrected chi connectivity index (χ3v) is 3.36. The molecule has 0 atom stereocenters. The van der Waals surface area contributed by atoms with E-state index in [4.69, 9.17) is 4.74 Å². The van der Waals surface area contributed by atoms with Crippen LogP contribution in [0.25, 0.3) is 0 Å². The Morgan fingerprint density at radius 2 is 1.81 bits per heavy atom. The number of carbonyl (C=O) groups is 1. The summed E-state index contributed by atoms with van der Waals surface area (Å²) in [6.07, 6.45) is 0.726. The van der Waals surface area contributed by atoms with E-state index in [1.165, 1.54) is 36.4 Å². The molecule has 0 saturated carbocycles. The van der Waals surface area contributed by atoms with Gasteiger partial charge in [0.1, 0.15) is 5.82 Å². The van der Waals surface area contributed by atoms with Crippen molar-refractivity contribution in [2.45, 2.75) is 12.8 Å². The summed E-state index contributed by atoms with van der Waals surface area (Å²) in [5, 5.41) is 0. The van der Waals surface area contributed by atoms with Crippen LogP contribution in [0.3, 0.4) is 0 Å². The lowest BCUT2D eigenvalue weighted by molar-refractivity contribution is 0.0973. The van der Waals surface area contributed by atoms with Crippen molar-refractivity contribution in [1.29, 1.82) is 0 Å². The number of ether oxygens (including phenoxy) is 1. The molecule has 0 unspecified atom stereocenters. The molecule has 2 aromatic carbocycles. The smallest absolute Gasteiger partial charge is 0.165 e. The second-order valence-electron chi connectivity index (χ2n) is 4.46. The van der Waals surface area contributed by atoms with Crippen molar-refractivity contribution in [1.82, 2.24) is 0 Å². The molecule has 110 valence electrons. The van der Waals surface area contributed by atoms with Gasteiger partial charge in [-0.1, -0.05) is 15.9 Å². The number of carbonyl (C=O) groups excluding carboxylic acids is 1. The Hall–Kier alpha value is -1.75. The van der Waals surface area contributed by atoms with Crippen LogP contribution in [0, 0.1) is 11.6 Å². The van der Waals surface area contributed by atoms with Crippen LogP contribution in [-0.2, 0) is 0 Å². The minimum absolute atomic E-state index is 0.0895. The number of benzene rings is 2. The number of Topliss-reactive ketones (excluding diaryl/α,β-unsaturated/α-hetero) is 1. The van der Waals surface area contributed by atoms with E-state index in [2.05, 4.69) is 15.9 Å². The highest BCUT2D eigenvalue weighted by molar-refractivity contribution is 9.10. The Balaban J connectivity index is 1.80. The van der Waals surface area contributed by atoms with Gasteiger partial charge in [0, 0.05) is 16.5 Å². The van der Waals surface area contributed by atoms with E-state index in [1.807, 2.05) is 0 Å². The van der Waals surface area contributed by atoms with Crippen molar-refractivity contribution in [3.05, 3.63) is 64.1 Å². The monoisotopic (exact) mass is 354 g/mol. The predicted molar refractivity (Wildman–Crippen MR) is 79.6 cm³/mol. The fourth-order valence-electron chi connectivity index (χ4n) is 1.78. The van der Waals surface area contributed by atoms with Gasteiger partial charge in [-0.3, -0.25) is 4.79 Å². The SMILES string of the molecule is O=C(CCCOc1cc(Br)ccc1F)c1ccc(F)cc1. The molecule has 2 rings (SSSR count). The third-order valence-electron chi connectivity index (χ3n) is 2.87. The second kappa shape index (κ2) is 7.31. The molecule has 0 spiro atoms. The lowest BCUT2D eigenvalue weighted by Gasteiger charge is -2.07. The summed E-state index contributed by atoms with van der Waals surface area (Å²) < 4.78 is 32.2. The number of ketones is 1. The third kappa shape index (κ3) is 4.63. The van der Waals surface area contributed by atoms with Gasteiger partial charge in [0.2, 0.25) is 0 Å². The van der Waals surface area contributed by atoms with Crippen LogP contribution in [0.1, 0.15) is 23.2 Å². The topological polar surface area (TPSA) is 26.3 Å². The highest BCUT2D eigenvalue weighted by atomic mass is 79.9. The van der Waals surface area contributed by atoms with E-state index in [9.17, 15) is 13.6 Å². The molecule has 0 saturated heterocycles. The summed E-state index contributed by atoms with van der Waals surface area (Å²) in [6.45, 7) is 0.236. The largest absolute Gasteiger partial charge is 0.490 e. The van der Waals surface area contributed by atoms with Crippen LogP contribution in [0.15, 0.2) is 46.9 Å². The summed E-state index contributed by atoms with van der Waals surface area (Å²) in [5.74, 6) is -0.755. The fraction of sp³-hybridized carbons (Fsp3) is 0.188. The molecule has 21 heavy (non-hydrogen) atoms. The van der Waals surface area contributed by atoms with E-state index in [-0.39, 0.29) is 30.4 Å². The Bertz CT molecular complexity index is 627. The minimum Gasteiger partial charge on any atom is -0.490 e. The molecule has 0 radical (unpaired) electrons. The molecule has 0 fully saturated rings. The molecule has 0 aliphatic heterocycles. The zero-order valence-corrected chi connectivity index (χ0v) is 12.7. The van der Waals surface area contributed by atoms with Gasteiger partial charge in [-0.25, -0.2) is 8.78 Å². The maximum Gasteiger partial charge on any atom is 0.165 e. The molecular weight excluding hydrogens is 342 g/mol. The van der Waals surface area contributed by atoms with Crippen molar-refractivity contribution in [2.24, 2.45) is 0 Å². The average Bonchev–Trinajstić information content (AvgIpc) is 2.47. The first-order valence-corrected chi connectivity index (χ1v) is 7.22. The van der Waals surface area contributed by atoms with Crippen LogP contribution in [0.5, 0.6) is 5.75 Å². The molecular formula is C16H13BrF2O2. The first kappa shape index (κ1) is 15.6. The lowest BCUT2D eigenvalue weighted by Crippen LogP contribution is -2.04. The molecule has 0 heterocycles. The Kier molecular flexibility index (Phi) is 5.44. The Morgan fingerprint density at radius 3 is 2.52 bits per heavy atom. The molecule has 2 nitrogen and oxygen atoms in total. The van der Waals surface area contributed by atoms with Crippen molar-refractivity contribution < 1.29 is 18.3 Å². The van der Waals surface area contributed by atoms with Crippen LogP contribution in [-0.4, -0.2) is 12.4 Å². The quantitative estimate of drug-likeness (QED) is 0.551. The first-order chi connectivity index (χ1) is 10.1. The summed E-state index contributed by atoms with van der Waals surface area (Å²) in [4.78, 5) is 11.8. The van der Waals surface area contributed by atoms with Crippen LogP contribution < -0.4 is 4.74 Å². The highest BCUT2D eigenvalue weighted by Gasteiger charge is 2.07.